The lowest BCUT2D eigenvalue weighted by molar-refractivity contribution is -0.136. The molecule has 3 aromatic carbocycles. The van der Waals surface area contributed by atoms with Crippen LogP contribution in [0.25, 0.3) is 0 Å². The fourth-order valence-corrected chi connectivity index (χ4v) is 3.15. The molecule has 0 aliphatic rings. The summed E-state index contributed by atoms with van der Waals surface area (Å²) in [6.45, 7) is 3.72. The first-order chi connectivity index (χ1) is 16.3. The lowest BCUT2D eigenvalue weighted by Crippen LogP contribution is -2.32. The number of ether oxygens (including phenoxy) is 1. The Morgan fingerprint density at radius 3 is 2.26 bits per heavy atom. The zero-order valence-electron chi connectivity index (χ0n) is 18.6. The van der Waals surface area contributed by atoms with E-state index in [0.717, 1.165) is 16.8 Å². The summed E-state index contributed by atoms with van der Waals surface area (Å²) < 4.78 is 5.53. The standard InChI is InChI=1S/C25H23ClN4O4/c1-16-5-3-6-17(2)23(16)29-22(31)15-34-21-11-9-18(10-12-21)14-27-30-25(33)24(32)28-20-8-4-7-19(26)13-20/h3-14H,15H2,1-2H3,(H,28,32)(H,29,31)(H,30,33)/b27-14-. The van der Waals surface area contributed by atoms with Crippen molar-refractivity contribution in [3.05, 3.63) is 88.4 Å². The Labute approximate surface area is 202 Å². The Bertz CT molecular complexity index is 1210. The number of benzene rings is 3. The van der Waals surface area contributed by atoms with Crippen LogP contribution in [0.1, 0.15) is 16.7 Å². The van der Waals surface area contributed by atoms with Gasteiger partial charge in [0.05, 0.1) is 6.21 Å². The second-order valence-corrected chi connectivity index (χ2v) is 7.77. The van der Waals surface area contributed by atoms with Crippen molar-refractivity contribution in [1.29, 1.82) is 0 Å². The molecule has 0 aliphatic carbocycles. The van der Waals surface area contributed by atoms with E-state index in [1.807, 2.05) is 32.0 Å². The fraction of sp³-hybridized carbons (Fsp3) is 0.120. The van der Waals surface area contributed by atoms with Gasteiger partial charge in [-0.15, -0.1) is 0 Å². The molecule has 3 amide bonds. The third kappa shape index (κ3) is 7.18. The quantitative estimate of drug-likeness (QED) is 0.270. The number of hydrogen-bond acceptors (Lipinski definition) is 5. The number of hydrogen-bond donors (Lipinski definition) is 3. The van der Waals surface area contributed by atoms with E-state index in [9.17, 15) is 14.4 Å². The van der Waals surface area contributed by atoms with Crippen molar-refractivity contribution in [1.82, 2.24) is 5.43 Å². The maximum Gasteiger partial charge on any atom is 0.329 e. The summed E-state index contributed by atoms with van der Waals surface area (Å²) in [5, 5.41) is 9.49. The number of hydrazone groups is 1. The van der Waals surface area contributed by atoms with Gasteiger partial charge in [-0.05, 0) is 73.0 Å². The Kier molecular flexibility index (Phi) is 8.37. The number of halogens is 1. The first-order valence-corrected chi connectivity index (χ1v) is 10.7. The maximum atomic E-state index is 12.2. The van der Waals surface area contributed by atoms with E-state index in [2.05, 4.69) is 21.2 Å². The Balaban J connectivity index is 1.45. The lowest BCUT2D eigenvalue weighted by atomic mass is 10.1. The number of carbonyl (C=O) groups excluding carboxylic acids is 3. The van der Waals surface area contributed by atoms with Gasteiger partial charge in [0.2, 0.25) is 0 Å². The van der Waals surface area contributed by atoms with Crippen molar-refractivity contribution in [2.75, 3.05) is 17.2 Å². The topological polar surface area (TPSA) is 109 Å². The van der Waals surface area contributed by atoms with Crippen LogP contribution in [-0.2, 0) is 14.4 Å². The molecule has 3 rings (SSSR count). The van der Waals surface area contributed by atoms with Crippen LogP contribution in [0.3, 0.4) is 0 Å². The lowest BCUT2D eigenvalue weighted by Gasteiger charge is -2.12. The van der Waals surface area contributed by atoms with E-state index in [4.69, 9.17) is 16.3 Å². The molecular weight excluding hydrogens is 456 g/mol. The molecule has 0 radical (unpaired) electrons. The van der Waals surface area contributed by atoms with Gasteiger partial charge < -0.3 is 15.4 Å². The molecule has 0 saturated carbocycles. The zero-order valence-corrected chi connectivity index (χ0v) is 19.3. The predicted molar refractivity (Wildman–Crippen MR) is 132 cm³/mol. The molecule has 0 saturated heterocycles. The molecule has 3 N–H and O–H groups in total. The number of aryl methyl sites for hydroxylation is 2. The van der Waals surface area contributed by atoms with E-state index < -0.39 is 11.8 Å². The summed E-state index contributed by atoms with van der Waals surface area (Å²) >= 11 is 5.85. The van der Waals surface area contributed by atoms with Gasteiger partial charge in [-0.1, -0.05) is 35.9 Å². The summed E-state index contributed by atoms with van der Waals surface area (Å²) in [5.74, 6) is -1.56. The fourth-order valence-electron chi connectivity index (χ4n) is 2.96. The van der Waals surface area contributed by atoms with Crippen LogP contribution in [0.5, 0.6) is 5.75 Å². The maximum absolute atomic E-state index is 12.2. The summed E-state index contributed by atoms with van der Waals surface area (Å²) in [6.07, 6.45) is 1.38. The first kappa shape index (κ1) is 24.5. The third-order valence-corrected chi connectivity index (χ3v) is 4.90. The molecule has 0 unspecified atom stereocenters. The largest absolute Gasteiger partial charge is 0.484 e. The Morgan fingerprint density at radius 2 is 1.59 bits per heavy atom. The molecule has 0 fully saturated rings. The number of amides is 3. The van der Waals surface area contributed by atoms with Crippen molar-refractivity contribution in [2.24, 2.45) is 5.10 Å². The molecule has 0 aromatic heterocycles. The number of rotatable bonds is 7. The van der Waals surface area contributed by atoms with Crippen LogP contribution in [-0.4, -0.2) is 30.5 Å². The SMILES string of the molecule is Cc1cccc(C)c1NC(=O)COc1ccc(/C=N\NC(=O)C(=O)Nc2cccc(Cl)c2)cc1. The van der Waals surface area contributed by atoms with Crippen LogP contribution in [0.15, 0.2) is 71.8 Å². The third-order valence-electron chi connectivity index (χ3n) is 4.66. The highest BCUT2D eigenvalue weighted by Gasteiger charge is 2.13. The number of anilines is 2. The summed E-state index contributed by atoms with van der Waals surface area (Å²) in [4.78, 5) is 36.0. The summed E-state index contributed by atoms with van der Waals surface area (Å²) in [7, 11) is 0. The molecule has 0 atom stereocenters. The van der Waals surface area contributed by atoms with E-state index in [-0.39, 0.29) is 12.5 Å². The number of carbonyl (C=O) groups is 3. The highest BCUT2D eigenvalue weighted by atomic mass is 35.5. The van der Waals surface area contributed by atoms with Crippen LogP contribution in [0.4, 0.5) is 11.4 Å². The van der Waals surface area contributed by atoms with E-state index in [1.54, 1.807) is 42.5 Å². The number of nitrogens with zero attached hydrogens (tertiary/aromatic N) is 1. The molecule has 8 nitrogen and oxygen atoms in total. The minimum Gasteiger partial charge on any atom is -0.484 e. The highest BCUT2D eigenvalue weighted by molar-refractivity contribution is 6.39. The van der Waals surface area contributed by atoms with Crippen molar-refractivity contribution >= 4 is 46.9 Å². The van der Waals surface area contributed by atoms with E-state index >= 15 is 0 Å². The number of nitrogens with one attached hydrogen (secondary N) is 3. The molecule has 174 valence electrons. The van der Waals surface area contributed by atoms with Gasteiger partial charge >= 0.3 is 11.8 Å². The zero-order chi connectivity index (χ0) is 24.5. The normalized spacial score (nSPS) is 10.6. The molecule has 0 aliphatic heterocycles. The van der Waals surface area contributed by atoms with Crippen LogP contribution in [0.2, 0.25) is 5.02 Å². The van der Waals surface area contributed by atoms with Gasteiger partial charge in [0.25, 0.3) is 5.91 Å². The average Bonchev–Trinajstić information content (AvgIpc) is 2.81. The van der Waals surface area contributed by atoms with Crippen molar-refractivity contribution in [3.8, 4) is 5.75 Å². The van der Waals surface area contributed by atoms with Gasteiger partial charge in [-0.25, -0.2) is 5.43 Å². The van der Waals surface area contributed by atoms with E-state index in [1.165, 1.54) is 12.3 Å². The Hall–Kier alpha value is -4.17. The van der Waals surface area contributed by atoms with Gasteiger partial charge in [0.15, 0.2) is 6.61 Å². The summed E-state index contributed by atoms with van der Waals surface area (Å²) in [5.41, 5.74) is 5.95. The van der Waals surface area contributed by atoms with Gasteiger partial charge in [0, 0.05) is 16.4 Å². The average molecular weight is 479 g/mol. The van der Waals surface area contributed by atoms with Gasteiger partial charge in [-0.3, -0.25) is 14.4 Å². The number of para-hydroxylation sites is 1. The predicted octanol–water partition coefficient (Wildman–Crippen LogP) is 4.06. The minimum atomic E-state index is -0.925. The molecule has 0 heterocycles. The van der Waals surface area contributed by atoms with E-state index in [0.29, 0.717) is 22.0 Å². The van der Waals surface area contributed by atoms with Crippen molar-refractivity contribution in [3.63, 3.8) is 0 Å². The molecule has 0 spiro atoms. The van der Waals surface area contributed by atoms with Crippen molar-refractivity contribution < 1.29 is 19.1 Å². The second kappa shape index (κ2) is 11.6. The molecule has 9 heteroatoms. The van der Waals surface area contributed by atoms with Crippen LogP contribution in [0, 0.1) is 13.8 Å². The smallest absolute Gasteiger partial charge is 0.329 e. The van der Waals surface area contributed by atoms with Gasteiger partial charge in [0.1, 0.15) is 5.75 Å². The Morgan fingerprint density at radius 1 is 0.912 bits per heavy atom. The molecule has 0 bridgehead atoms. The minimum absolute atomic E-state index is 0.140. The van der Waals surface area contributed by atoms with Crippen LogP contribution >= 0.6 is 11.6 Å². The summed E-state index contributed by atoms with van der Waals surface area (Å²) in [6, 6.07) is 18.9. The molecular formula is C25H23ClN4O4. The highest BCUT2D eigenvalue weighted by Crippen LogP contribution is 2.19. The van der Waals surface area contributed by atoms with Crippen LogP contribution < -0.4 is 20.8 Å². The van der Waals surface area contributed by atoms with Gasteiger partial charge in [-0.2, -0.15) is 5.10 Å². The molecule has 34 heavy (non-hydrogen) atoms. The monoisotopic (exact) mass is 478 g/mol. The molecule has 3 aromatic rings. The second-order valence-electron chi connectivity index (χ2n) is 7.34. The first-order valence-electron chi connectivity index (χ1n) is 10.3. The van der Waals surface area contributed by atoms with Crippen molar-refractivity contribution in [2.45, 2.75) is 13.8 Å².